The van der Waals surface area contributed by atoms with Gasteiger partial charge in [0, 0.05) is 12.5 Å². The quantitative estimate of drug-likeness (QED) is 0.451. The van der Waals surface area contributed by atoms with Gasteiger partial charge in [-0.15, -0.1) is 0 Å². The van der Waals surface area contributed by atoms with Gasteiger partial charge >= 0.3 is 5.97 Å². The van der Waals surface area contributed by atoms with Crippen molar-refractivity contribution in [3.63, 3.8) is 0 Å². The van der Waals surface area contributed by atoms with Gasteiger partial charge in [0.25, 0.3) is 11.8 Å². The maximum Gasteiger partial charge on any atom is 0.331 e. The summed E-state index contributed by atoms with van der Waals surface area (Å²) in [5.41, 5.74) is 1.46. The molecule has 2 aliphatic rings. The van der Waals surface area contributed by atoms with Crippen LogP contribution in [-0.2, 0) is 25.7 Å². The average Bonchev–Trinajstić information content (AvgIpc) is 3.02. The standard InChI is InChI=1S/C23H18N2O6/c26-18-11-10-17(21(28)24-18)25-22(29)16-8-4-7-15(20(16)23(25)30)9-12-19(27)31-13-14-5-2-1-3-6-14/h1-9,12,17H,10-11,13H2,(H,24,26,28)/b12-9+. The van der Waals surface area contributed by atoms with Crippen LogP contribution in [0.5, 0.6) is 0 Å². The predicted molar refractivity (Wildman–Crippen MR) is 108 cm³/mol. The number of esters is 1. The minimum Gasteiger partial charge on any atom is -0.458 e. The molecule has 2 aliphatic heterocycles. The zero-order chi connectivity index (χ0) is 22.0. The van der Waals surface area contributed by atoms with E-state index in [1.807, 2.05) is 30.3 Å². The molecule has 1 N–H and O–H groups in total. The number of ether oxygens (including phenoxy) is 1. The molecular formula is C23H18N2O6. The summed E-state index contributed by atoms with van der Waals surface area (Å²) in [6, 6.07) is 12.8. The van der Waals surface area contributed by atoms with Crippen LogP contribution in [0.3, 0.4) is 0 Å². The number of hydrogen-bond donors (Lipinski definition) is 1. The Bertz CT molecular complexity index is 1120. The molecule has 8 heteroatoms. The van der Waals surface area contributed by atoms with Crippen molar-refractivity contribution in [3.05, 3.63) is 76.9 Å². The van der Waals surface area contributed by atoms with Crippen LogP contribution in [0.15, 0.2) is 54.6 Å². The van der Waals surface area contributed by atoms with Crippen LogP contribution in [0.25, 0.3) is 6.08 Å². The molecule has 0 aliphatic carbocycles. The van der Waals surface area contributed by atoms with Crippen molar-refractivity contribution in [2.24, 2.45) is 0 Å². The number of carbonyl (C=O) groups excluding carboxylic acids is 5. The van der Waals surface area contributed by atoms with Crippen molar-refractivity contribution in [2.75, 3.05) is 0 Å². The van der Waals surface area contributed by atoms with Crippen molar-refractivity contribution in [3.8, 4) is 0 Å². The largest absolute Gasteiger partial charge is 0.458 e. The molecule has 31 heavy (non-hydrogen) atoms. The number of fused-ring (bicyclic) bond motifs is 1. The number of nitrogens with zero attached hydrogens (tertiary/aromatic N) is 1. The first kappa shape index (κ1) is 20.2. The third-order valence-corrected chi connectivity index (χ3v) is 5.12. The van der Waals surface area contributed by atoms with Gasteiger partial charge in [0.2, 0.25) is 11.8 Å². The molecule has 0 bridgehead atoms. The van der Waals surface area contributed by atoms with E-state index in [-0.39, 0.29) is 30.6 Å². The van der Waals surface area contributed by atoms with Crippen LogP contribution in [0.4, 0.5) is 0 Å². The van der Waals surface area contributed by atoms with Crippen molar-refractivity contribution in [2.45, 2.75) is 25.5 Å². The van der Waals surface area contributed by atoms with E-state index in [0.29, 0.717) is 5.56 Å². The van der Waals surface area contributed by atoms with Crippen LogP contribution in [0.1, 0.15) is 44.7 Å². The fraction of sp³-hybridized carbons (Fsp3) is 0.174. The van der Waals surface area contributed by atoms with Crippen molar-refractivity contribution in [1.82, 2.24) is 10.2 Å². The van der Waals surface area contributed by atoms with Gasteiger partial charge in [0.05, 0.1) is 11.1 Å². The van der Waals surface area contributed by atoms with E-state index in [4.69, 9.17) is 4.74 Å². The predicted octanol–water partition coefficient (Wildman–Crippen LogP) is 1.84. The molecule has 4 rings (SSSR count). The monoisotopic (exact) mass is 418 g/mol. The first-order chi connectivity index (χ1) is 15.0. The average molecular weight is 418 g/mol. The zero-order valence-electron chi connectivity index (χ0n) is 16.4. The number of benzene rings is 2. The third-order valence-electron chi connectivity index (χ3n) is 5.12. The number of nitrogens with one attached hydrogen (secondary N) is 1. The number of piperidine rings is 1. The number of rotatable bonds is 5. The lowest BCUT2D eigenvalue weighted by Gasteiger charge is -2.27. The molecule has 4 amide bonds. The van der Waals surface area contributed by atoms with Gasteiger partial charge in [-0.3, -0.25) is 29.4 Å². The van der Waals surface area contributed by atoms with Gasteiger partial charge in [0.1, 0.15) is 12.6 Å². The van der Waals surface area contributed by atoms with Crippen molar-refractivity contribution >= 4 is 35.7 Å². The summed E-state index contributed by atoms with van der Waals surface area (Å²) < 4.78 is 5.18. The lowest BCUT2D eigenvalue weighted by molar-refractivity contribution is -0.139. The van der Waals surface area contributed by atoms with Gasteiger partial charge in [-0.05, 0) is 29.7 Å². The summed E-state index contributed by atoms with van der Waals surface area (Å²) in [4.78, 5) is 62.3. The van der Waals surface area contributed by atoms with Gasteiger partial charge in [-0.2, -0.15) is 0 Å². The van der Waals surface area contributed by atoms with Crippen LogP contribution >= 0.6 is 0 Å². The summed E-state index contributed by atoms with van der Waals surface area (Å²) in [5.74, 6) is -2.94. The molecule has 1 saturated heterocycles. The van der Waals surface area contributed by atoms with Gasteiger partial charge in [0.15, 0.2) is 0 Å². The highest BCUT2D eigenvalue weighted by Gasteiger charge is 2.45. The lowest BCUT2D eigenvalue weighted by atomic mass is 10.0. The van der Waals surface area contributed by atoms with Crippen LogP contribution in [0, 0.1) is 0 Å². The smallest absolute Gasteiger partial charge is 0.331 e. The Morgan fingerprint density at radius 1 is 1.03 bits per heavy atom. The van der Waals surface area contributed by atoms with Gasteiger partial charge in [-0.25, -0.2) is 4.79 Å². The molecule has 8 nitrogen and oxygen atoms in total. The highest BCUT2D eigenvalue weighted by molar-refractivity contribution is 6.24. The van der Waals surface area contributed by atoms with E-state index in [0.717, 1.165) is 10.5 Å². The van der Waals surface area contributed by atoms with Gasteiger partial charge < -0.3 is 4.74 Å². The molecule has 0 saturated carbocycles. The first-order valence-electron chi connectivity index (χ1n) is 9.69. The zero-order valence-corrected chi connectivity index (χ0v) is 16.4. The second-order valence-corrected chi connectivity index (χ2v) is 7.14. The minimum absolute atomic E-state index is 0.0455. The molecule has 2 aromatic rings. The van der Waals surface area contributed by atoms with Crippen LogP contribution < -0.4 is 5.32 Å². The number of carbonyl (C=O) groups is 5. The lowest BCUT2D eigenvalue weighted by Crippen LogP contribution is -2.54. The molecule has 1 fully saturated rings. The molecule has 1 atom stereocenters. The topological polar surface area (TPSA) is 110 Å². The summed E-state index contributed by atoms with van der Waals surface area (Å²) in [6.07, 6.45) is 2.72. The van der Waals surface area contributed by atoms with Crippen LogP contribution in [-0.4, -0.2) is 40.5 Å². The Morgan fingerprint density at radius 2 is 1.81 bits per heavy atom. The molecule has 1 unspecified atom stereocenters. The Hall–Kier alpha value is -4.07. The second-order valence-electron chi connectivity index (χ2n) is 7.14. The highest BCUT2D eigenvalue weighted by Crippen LogP contribution is 2.30. The summed E-state index contributed by atoms with van der Waals surface area (Å²) in [6.45, 7) is 0.109. The van der Waals surface area contributed by atoms with E-state index in [1.54, 1.807) is 12.1 Å². The van der Waals surface area contributed by atoms with Crippen molar-refractivity contribution in [1.29, 1.82) is 0 Å². The number of hydrogen-bond acceptors (Lipinski definition) is 6. The summed E-state index contributed by atoms with van der Waals surface area (Å²) in [7, 11) is 0. The van der Waals surface area contributed by atoms with E-state index < -0.39 is 35.6 Å². The third kappa shape index (κ3) is 4.00. The Kier molecular flexibility index (Phi) is 5.44. The first-order valence-corrected chi connectivity index (χ1v) is 9.69. The van der Waals surface area contributed by atoms with Gasteiger partial charge in [-0.1, -0.05) is 42.5 Å². The second kappa shape index (κ2) is 8.35. The molecule has 156 valence electrons. The molecule has 0 radical (unpaired) electrons. The maximum atomic E-state index is 13.0. The number of amides is 4. The fourth-order valence-corrected chi connectivity index (χ4v) is 3.61. The Balaban J connectivity index is 1.52. The molecule has 2 aromatic carbocycles. The van der Waals surface area contributed by atoms with E-state index in [2.05, 4.69) is 5.32 Å². The normalized spacial score (nSPS) is 18.3. The Morgan fingerprint density at radius 3 is 2.55 bits per heavy atom. The van der Waals surface area contributed by atoms with E-state index in [1.165, 1.54) is 18.2 Å². The fourth-order valence-electron chi connectivity index (χ4n) is 3.61. The molecule has 0 aromatic heterocycles. The van der Waals surface area contributed by atoms with E-state index in [9.17, 15) is 24.0 Å². The molecule has 2 heterocycles. The van der Waals surface area contributed by atoms with Crippen LogP contribution in [0.2, 0.25) is 0 Å². The SMILES string of the molecule is O=C1CCC(N2C(=O)c3cccc(/C=C/C(=O)OCc4ccccc4)c3C2=O)C(=O)N1. The summed E-state index contributed by atoms with van der Waals surface area (Å²) >= 11 is 0. The highest BCUT2D eigenvalue weighted by atomic mass is 16.5. The number of imide groups is 2. The maximum absolute atomic E-state index is 13.0. The van der Waals surface area contributed by atoms with Crippen molar-refractivity contribution < 1.29 is 28.7 Å². The van der Waals surface area contributed by atoms with E-state index >= 15 is 0 Å². The summed E-state index contributed by atoms with van der Waals surface area (Å²) in [5, 5.41) is 2.16. The molecular weight excluding hydrogens is 400 g/mol. The molecule has 0 spiro atoms. The minimum atomic E-state index is -1.04. The Labute approximate surface area is 177 Å².